The maximum atomic E-state index is 14.0. The van der Waals surface area contributed by atoms with Crippen molar-refractivity contribution in [3.63, 3.8) is 0 Å². The van der Waals surface area contributed by atoms with E-state index in [2.05, 4.69) is 15.5 Å². The Morgan fingerprint density at radius 1 is 0.939 bits per heavy atom. The van der Waals surface area contributed by atoms with Crippen LogP contribution in [0.4, 0.5) is 4.79 Å². The van der Waals surface area contributed by atoms with Crippen LogP contribution in [-0.2, 0) is 33.5 Å². The molecule has 1 fully saturated rings. The Bertz CT molecular complexity index is 1460. The Kier molecular flexibility index (Phi) is 13.5. The average Bonchev–Trinajstić information content (AvgIpc) is 3.42. The van der Waals surface area contributed by atoms with E-state index in [1.54, 1.807) is 0 Å². The Balaban J connectivity index is 1.30. The van der Waals surface area contributed by atoms with Crippen molar-refractivity contribution in [3.8, 4) is 5.75 Å². The van der Waals surface area contributed by atoms with E-state index in [0.29, 0.717) is 25.9 Å². The molecular weight excluding hydrogens is 622 g/mol. The van der Waals surface area contributed by atoms with Crippen LogP contribution >= 0.6 is 0 Å². The molecular formula is C39H51N3O7. The van der Waals surface area contributed by atoms with Gasteiger partial charge in [-0.15, -0.1) is 0 Å². The number of aliphatic hydroxyl groups excluding tert-OH is 2. The van der Waals surface area contributed by atoms with Gasteiger partial charge in [0.05, 0.1) is 44.1 Å². The minimum absolute atomic E-state index is 0.0794. The number of morpholine rings is 1. The molecule has 5 rings (SSSR count). The van der Waals surface area contributed by atoms with Gasteiger partial charge in [0.2, 0.25) is 5.91 Å². The zero-order valence-corrected chi connectivity index (χ0v) is 28.6. The standard InChI is InChI=1S/C39H51N3O7/c1-27(2)26-49-39(46)40-34(23-28-8-4-3-5-9-28)35(43)25-31(38(45)41-37-33-11-7-6-10-30(33)24-36(37)44)22-29-12-14-32(15-13-29)48-21-18-42-16-19-47-20-17-42/h3-15,27,31,34-37,43-44H,16-26H2,1-2H3,(H,40,46)(H,41,45). The Labute approximate surface area is 289 Å². The molecule has 0 spiro atoms. The number of hydrogen-bond donors (Lipinski definition) is 4. The third-order valence-electron chi connectivity index (χ3n) is 9.20. The summed E-state index contributed by atoms with van der Waals surface area (Å²) in [7, 11) is 0. The van der Waals surface area contributed by atoms with Crippen LogP contribution in [0.5, 0.6) is 5.75 Å². The van der Waals surface area contributed by atoms with E-state index in [-0.39, 0.29) is 24.9 Å². The maximum Gasteiger partial charge on any atom is 0.407 e. The number of ether oxygens (including phenoxy) is 3. The van der Waals surface area contributed by atoms with Crippen LogP contribution in [0.3, 0.4) is 0 Å². The number of nitrogens with zero attached hydrogens (tertiary/aromatic N) is 1. The van der Waals surface area contributed by atoms with E-state index in [1.807, 2.05) is 92.7 Å². The number of amides is 2. The van der Waals surface area contributed by atoms with Gasteiger partial charge in [0.1, 0.15) is 12.4 Å². The molecule has 0 saturated carbocycles. The lowest BCUT2D eigenvalue weighted by Crippen LogP contribution is -2.47. The quantitative estimate of drug-likeness (QED) is 0.179. The zero-order chi connectivity index (χ0) is 34.6. The normalized spacial score (nSPS) is 19.4. The topological polar surface area (TPSA) is 130 Å². The lowest BCUT2D eigenvalue weighted by molar-refractivity contribution is -0.127. The van der Waals surface area contributed by atoms with Gasteiger partial charge in [0.25, 0.3) is 0 Å². The van der Waals surface area contributed by atoms with E-state index in [0.717, 1.165) is 60.9 Å². The highest BCUT2D eigenvalue weighted by Gasteiger charge is 2.35. The fourth-order valence-corrected chi connectivity index (χ4v) is 6.47. The number of aliphatic hydroxyl groups is 2. The monoisotopic (exact) mass is 673 g/mol. The SMILES string of the molecule is CC(C)COC(=O)NC(Cc1ccccc1)C(O)CC(Cc1ccc(OCCN2CCOCC2)cc1)C(=O)NC1c2ccccc2CC1O. The van der Waals surface area contributed by atoms with Crippen LogP contribution in [0.2, 0.25) is 0 Å². The molecule has 3 aromatic carbocycles. The second-order valence-electron chi connectivity index (χ2n) is 13.5. The van der Waals surface area contributed by atoms with E-state index < -0.39 is 36.3 Å². The average molecular weight is 674 g/mol. The summed E-state index contributed by atoms with van der Waals surface area (Å²) in [6, 6.07) is 23.8. The van der Waals surface area contributed by atoms with Crippen molar-refractivity contribution in [3.05, 3.63) is 101 Å². The molecule has 49 heavy (non-hydrogen) atoms. The van der Waals surface area contributed by atoms with Crippen LogP contribution in [0.15, 0.2) is 78.9 Å². The van der Waals surface area contributed by atoms with Crippen LogP contribution in [-0.4, -0.2) is 91.4 Å². The van der Waals surface area contributed by atoms with Gasteiger partial charge in [-0.25, -0.2) is 4.79 Å². The minimum atomic E-state index is -1.06. The molecule has 5 unspecified atom stereocenters. The summed E-state index contributed by atoms with van der Waals surface area (Å²) in [4.78, 5) is 29.1. The van der Waals surface area contributed by atoms with Gasteiger partial charge in [-0.1, -0.05) is 80.6 Å². The molecule has 3 aromatic rings. The molecule has 4 N–H and O–H groups in total. The molecule has 5 atom stereocenters. The predicted octanol–water partition coefficient (Wildman–Crippen LogP) is 4.08. The maximum absolute atomic E-state index is 14.0. The summed E-state index contributed by atoms with van der Waals surface area (Å²) < 4.78 is 16.8. The molecule has 1 aliphatic carbocycles. The molecule has 10 nitrogen and oxygen atoms in total. The van der Waals surface area contributed by atoms with Gasteiger partial charge in [-0.05, 0) is 59.6 Å². The summed E-state index contributed by atoms with van der Waals surface area (Å²) in [6.45, 7) is 8.85. The molecule has 1 heterocycles. The summed E-state index contributed by atoms with van der Waals surface area (Å²) in [5, 5.41) is 28.5. The third kappa shape index (κ3) is 11.0. The van der Waals surface area contributed by atoms with Crippen molar-refractivity contribution in [1.82, 2.24) is 15.5 Å². The van der Waals surface area contributed by atoms with Gasteiger partial charge in [0, 0.05) is 32.0 Å². The molecule has 1 aliphatic heterocycles. The lowest BCUT2D eigenvalue weighted by Gasteiger charge is -2.29. The molecule has 2 aliphatic rings. The number of alkyl carbamates (subject to hydrolysis) is 1. The molecule has 2 amide bonds. The summed E-state index contributed by atoms with van der Waals surface area (Å²) in [6.07, 6.45) is -1.17. The Hall–Kier alpha value is -3.96. The fraction of sp³-hybridized carbons (Fsp3) is 0.487. The Morgan fingerprint density at radius 3 is 2.37 bits per heavy atom. The van der Waals surface area contributed by atoms with Crippen LogP contribution in [0, 0.1) is 11.8 Å². The Morgan fingerprint density at radius 2 is 1.63 bits per heavy atom. The van der Waals surface area contributed by atoms with Crippen molar-refractivity contribution in [1.29, 1.82) is 0 Å². The first-order valence-electron chi connectivity index (χ1n) is 17.5. The van der Waals surface area contributed by atoms with Crippen molar-refractivity contribution in [2.24, 2.45) is 11.8 Å². The molecule has 0 radical (unpaired) electrons. The first-order chi connectivity index (χ1) is 23.7. The first kappa shape index (κ1) is 36.3. The number of carbonyl (C=O) groups is 2. The van der Waals surface area contributed by atoms with Crippen LogP contribution in [0.1, 0.15) is 48.6 Å². The van der Waals surface area contributed by atoms with Gasteiger partial charge in [0.15, 0.2) is 0 Å². The van der Waals surface area contributed by atoms with Crippen LogP contribution in [0.25, 0.3) is 0 Å². The van der Waals surface area contributed by atoms with E-state index in [1.165, 1.54) is 0 Å². The van der Waals surface area contributed by atoms with Gasteiger partial charge in [-0.3, -0.25) is 9.69 Å². The second kappa shape index (κ2) is 18.2. The highest BCUT2D eigenvalue weighted by Crippen LogP contribution is 2.32. The molecule has 0 aromatic heterocycles. The van der Waals surface area contributed by atoms with E-state index in [9.17, 15) is 19.8 Å². The van der Waals surface area contributed by atoms with E-state index in [4.69, 9.17) is 14.2 Å². The first-order valence-corrected chi connectivity index (χ1v) is 17.5. The van der Waals surface area contributed by atoms with Crippen molar-refractivity contribution >= 4 is 12.0 Å². The van der Waals surface area contributed by atoms with Gasteiger partial charge >= 0.3 is 6.09 Å². The predicted molar refractivity (Wildman–Crippen MR) is 187 cm³/mol. The van der Waals surface area contributed by atoms with Gasteiger partial charge in [-0.2, -0.15) is 0 Å². The zero-order valence-electron chi connectivity index (χ0n) is 28.6. The highest BCUT2D eigenvalue weighted by molar-refractivity contribution is 5.80. The molecule has 1 saturated heterocycles. The van der Waals surface area contributed by atoms with Crippen molar-refractivity contribution in [2.45, 2.75) is 63.8 Å². The number of hydrogen-bond acceptors (Lipinski definition) is 8. The highest BCUT2D eigenvalue weighted by atomic mass is 16.5. The van der Waals surface area contributed by atoms with Gasteiger partial charge < -0.3 is 35.1 Å². The summed E-state index contributed by atoms with van der Waals surface area (Å²) in [5.74, 6) is -0.0222. The van der Waals surface area contributed by atoms with Crippen molar-refractivity contribution < 1.29 is 34.0 Å². The number of nitrogens with one attached hydrogen (secondary N) is 2. The number of carbonyl (C=O) groups excluding carboxylic acids is 2. The fourth-order valence-electron chi connectivity index (χ4n) is 6.47. The summed E-state index contributed by atoms with van der Waals surface area (Å²) >= 11 is 0. The smallest absolute Gasteiger partial charge is 0.407 e. The minimum Gasteiger partial charge on any atom is -0.492 e. The van der Waals surface area contributed by atoms with Crippen LogP contribution < -0.4 is 15.4 Å². The van der Waals surface area contributed by atoms with E-state index >= 15 is 0 Å². The molecule has 10 heteroatoms. The summed E-state index contributed by atoms with van der Waals surface area (Å²) in [5.41, 5.74) is 3.75. The third-order valence-corrected chi connectivity index (χ3v) is 9.20. The van der Waals surface area contributed by atoms with Crippen molar-refractivity contribution in [2.75, 3.05) is 46.1 Å². The lowest BCUT2D eigenvalue weighted by atomic mass is 9.88. The number of benzene rings is 3. The molecule has 0 bridgehead atoms. The molecule has 264 valence electrons. The second-order valence-corrected chi connectivity index (χ2v) is 13.5. The number of rotatable bonds is 16. The number of fused-ring (bicyclic) bond motifs is 1. The largest absolute Gasteiger partial charge is 0.492 e.